The second kappa shape index (κ2) is 15.8. The minimum atomic E-state index is -0.00443. The van der Waals surface area contributed by atoms with Crippen LogP contribution in [0.3, 0.4) is 0 Å². The summed E-state index contributed by atoms with van der Waals surface area (Å²) >= 11 is 0. The summed E-state index contributed by atoms with van der Waals surface area (Å²) in [4.78, 5) is 18.3. The average molecular weight is 701 g/mol. The van der Waals surface area contributed by atoms with Crippen LogP contribution in [0.2, 0.25) is 0 Å². The molecule has 5 aromatic carbocycles. The van der Waals surface area contributed by atoms with E-state index in [0.29, 0.717) is 0 Å². The summed E-state index contributed by atoms with van der Waals surface area (Å²) < 4.78 is 0. The molecule has 4 heterocycles. The molecule has 2 unspecified atom stereocenters. The lowest BCUT2D eigenvalue weighted by Crippen LogP contribution is -2.14. The third-order valence-corrected chi connectivity index (χ3v) is 9.92. The second-order valence-electron chi connectivity index (χ2n) is 13.3. The van der Waals surface area contributed by atoms with Crippen LogP contribution in [0, 0.1) is 13.8 Å². The van der Waals surface area contributed by atoms with Crippen LogP contribution in [0.25, 0.3) is 32.7 Å². The molecule has 0 radical (unpaired) electrons. The number of hydrogen-bond donors (Lipinski definition) is 2. The molecule has 0 saturated heterocycles. The highest BCUT2D eigenvalue weighted by Gasteiger charge is 2.20. The molecule has 0 aliphatic carbocycles. The normalized spacial score (nSPS) is 12.1. The molecule has 0 saturated carbocycles. The van der Waals surface area contributed by atoms with E-state index in [1.54, 1.807) is 6.20 Å². The number of aryl methyl sites for hydroxylation is 2. The number of pyridine rings is 4. The summed E-state index contributed by atoms with van der Waals surface area (Å²) in [5.41, 5.74) is 11.3. The fraction of sp³-hybridized carbons (Fsp3) is 0.0833. The van der Waals surface area contributed by atoms with Crippen molar-refractivity contribution in [2.24, 2.45) is 0 Å². The van der Waals surface area contributed by atoms with Crippen molar-refractivity contribution in [1.29, 1.82) is 0 Å². The van der Waals surface area contributed by atoms with Gasteiger partial charge in [0.05, 0.1) is 34.3 Å². The molecule has 9 aromatic rings. The topological polar surface area (TPSA) is 75.6 Å². The number of aromatic nitrogens is 4. The molecule has 262 valence electrons. The zero-order chi connectivity index (χ0) is 36.7. The Morgan fingerprint density at radius 2 is 0.833 bits per heavy atom. The molecule has 6 heteroatoms. The summed E-state index contributed by atoms with van der Waals surface area (Å²) in [6.45, 7) is 4.30. The van der Waals surface area contributed by atoms with E-state index in [1.807, 2.05) is 61.1 Å². The van der Waals surface area contributed by atoms with Crippen LogP contribution >= 0.6 is 0 Å². The number of benzene rings is 5. The zero-order valence-corrected chi connectivity index (χ0v) is 30.3. The van der Waals surface area contributed by atoms with E-state index in [-0.39, 0.29) is 12.1 Å². The van der Waals surface area contributed by atoms with Gasteiger partial charge in [-0.3, -0.25) is 15.0 Å². The second-order valence-corrected chi connectivity index (χ2v) is 13.3. The van der Waals surface area contributed by atoms with E-state index < -0.39 is 0 Å². The first kappa shape index (κ1) is 34.2. The number of anilines is 2. The van der Waals surface area contributed by atoms with Crippen LogP contribution in [0.1, 0.15) is 45.5 Å². The van der Waals surface area contributed by atoms with Gasteiger partial charge < -0.3 is 10.6 Å². The Balaban J connectivity index is 0.000000155. The standard InChI is InChI=1S/C26H21N3.C22H19N3/c1-18-22(15-14-21-12-7-16-27-24(18)21)25(19-8-3-2-4-9-19)29-23-13-5-10-20-11-6-17-28-26(20)23;1-16-19(13-12-18-10-7-15-24-21(16)18)22(17-8-3-2-4-9-17)25-20-11-5-6-14-23-20/h2-17,25,29H,1H3;2-15,22H,1H3,(H,23,25). The fourth-order valence-electron chi connectivity index (χ4n) is 7.18. The molecule has 0 aliphatic rings. The molecular formula is C48H40N6. The highest BCUT2D eigenvalue weighted by atomic mass is 15.0. The molecule has 9 rings (SSSR count). The van der Waals surface area contributed by atoms with Crippen LogP contribution in [-0.4, -0.2) is 19.9 Å². The minimum absolute atomic E-state index is 0.00443. The third kappa shape index (κ3) is 7.23. The molecule has 0 spiro atoms. The van der Waals surface area contributed by atoms with Crippen LogP contribution in [0.4, 0.5) is 11.5 Å². The fourth-order valence-corrected chi connectivity index (χ4v) is 7.18. The predicted octanol–water partition coefficient (Wildman–Crippen LogP) is 11.4. The first-order chi connectivity index (χ1) is 26.6. The van der Waals surface area contributed by atoms with E-state index in [4.69, 9.17) is 0 Å². The van der Waals surface area contributed by atoms with Crippen LogP contribution in [0.15, 0.2) is 183 Å². The van der Waals surface area contributed by atoms with Crippen LogP contribution in [-0.2, 0) is 0 Å². The van der Waals surface area contributed by atoms with Gasteiger partial charge in [-0.05, 0) is 83.6 Å². The first-order valence-corrected chi connectivity index (χ1v) is 18.2. The number of fused-ring (bicyclic) bond motifs is 3. The van der Waals surface area contributed by atoms with Gasteiger partial charge in [0.1, 0.15) is 5.82 Å². The largest absolute Gasteiger partial charge is 0.372 e. The van der Waals surface area contributed by atoms with Gasteiger partial charge in [-0.1, -0.05) is 121 Å². The molecule has 0 amide bonds. The number of nitrogens with one attached hydrogen (secondary N) is 2. The van der Waals surface area contributed by atoms with Gasteiger partial charge in [0.2, 0.25) is 0 Å². The quantitative estimate of drug-likeness (QED) is 0.164. The highest BCUT2D eigenvalue weighted by Crippen LogP contribution is 2.34. The summed E-state index contributed by atoms with van der Waals surface area (Å²) in [6, 6.07) is 54.1. The Labute approximate surface area is 315 Å². The maximum absolute atomic E-state index is 4.63. The average Bonchev–Trinajstić information content (AvgIpc) is 3.24. The van der Waals surface area contributed by atoms with E-state index in [0.717, 1.165) is 44.2 Å². The SMILES string of the molecule is Cc1c(C(Nc2cccc3cccnc23)c2ccccc2)ccc2cccnc12.Cc1c(C(Nc2ccccn2)c2ccccc2)ccc2cccnc12. The summed E-state index contributed by atoms with van der Waals surface area (Å²) in [6.07, 6.45) is 7.36. The molecular weight excluding hydrogens is 661 g/mol. The molecule has 0 aliphatic heterocycles. The Kier molecular flexibility index (Phi) is 9.98. The van der Waals surface area contributed by atoms with Gasteiger partial charge in [0.15, 0.2) is 0 Å². The van der Waals surface area contributed by atoms with E-state index in [2.05, 4.69) is 160 Å². The van der Waals surface area contributed by atoms with Crippen molar-refractivity contribution in [1.82, 2.24) is 19.9 Å². The maximum Gasteiger partial charge on any atom is 0.126 e. The first-order valence-electron chi connectivity index (χ1n) is 18.2. The van der Waals surface area contributed by atoms with E-state index in [1.165, 1.54) is 33.4 Å². The summed E-state index contributed by atoms with van der Waals surface area (Å²) in [7, 11) is 0. The smallest absolute Gasteiger partial charge is 0.126 e. The maximum atomic E-state index is 4.63. The Morgan fingerprint density at radius 1 is 0.370 bits per heavy atom. The van der Waals surface area contributed by atoms with Crippen LogP contribution in [0.5, 0.6) is 0 Å². The minimum Gasteiger partial charge on any atom is -0.372 e. The van der Waals surface area contributed by atoms with Crippen molar-refractivity contribution in [2.75, 3.05) is 10.6 Å². The van der Waals surface area contributed by atoms with Gasteiger partial charge in [-0.25, -0.2) is 4.98 Å². The zero-order valence-electron chi connectivity index (χ0n) is 30.3. The number of para-hydroxylation sites is 1. The van der Waals surface area contributed by atoms with E-state index in [9.17, 15) is 0 Å². The van der Waals surface area contributed by atoms with Crippen LogP contribution < -0.4 is 10.6 Å². The molecule has 0 bridgehead atoms. The molecule has 0 fully saturated rings. The van der Waals surface area contributed by atoms with Crippen molar-refractivity contribution in [3.05, 3.63) is 216 Å². The molecule has 4 aromatic heterocycles. The molecule has 54 heavy (non-hydrogen) atoms. The van der Waals surface area contributed by atoms with Crippen molar-refractivity contribution in [2.45, 2.75) is 25.9 Å². The summed E-state index contributed by atoms with van der Waals surface area (Å²) in [5, 5.41) is 10.8. The monoisotopic (exact) mass is 700 g/mol. The Hall–Kier alpha value is -6.92. The van der Waals surface area contributed by atoms with Gasteiger partial charge in [-0.15, -0.1) is 0 Å². The summed E-state index contributed by atoms with van der Waals surface area (Å²) in [5.74, 6) is 0.858. The lowest BCUT2D eigenvalue weighted by Gasteiger charge is -2.24. The molecule has 2 atom stereocenters. The van der Waals surface area contributed by atoms with Crippen molar-refractivity contribution in [3.8, 4) is 0 Å². The predicted molar refractivity (Wildman–Crippen MR) is 223 cm³/mol. The Morgan fingerprint density at radius 3 is 1.37 bits per heavy atom. The molecule has 6 nitrogen and oxygen atoms in total. The van der Waals surface area contributed by atoms with E-state index >= 15 is 0 Å². The third-order valence-electron chi connectivity index (χ3n) is 9.92. The number of nitrogens with zero attached hydrogens (tertiary/aromatic N) is 4. The van der Waals surface area contributed by atoms with Gasteiger partial charge >= 0.3 is 0 Å². The van der Waals surface area contributed by atoms with Gasteiger partial charge in [0.25, 0.3) is 0 Å². The molecule has 2 N–H and O–H groups in total. The van der Waals surface area contributed by atoms with Gasteiger partial charge in [0, 0.05) is 40.9 Å². The Bertz CT molecular complexity index is 2640. The van der Waals surface area contributed by atoms with Gasteiger partial charge in [-0.2, -0.15) is 0 Å². The number of rotatable bonds is 8. The van der Waals surface area contributed by atoms with Crippen molar-refractivity contribution in [3.63, 3.8) is 0 Å². The highest BCUT2D eigenvalue weighted by molar-refractivity contribution is 5.91. The lowest BCUT2D eigenvalue weighted by atomic mass is 9.93. The van der Waals surface area contributed by atoms with Crippen molar-refractivity contribution < 1.29 is 0 Å². The van der Waals surface area contributed by atoms with Crippen molar-refractivity contribution >= 4 is 44.2 Å². The lowest BCUT2D eigenvalue weighted by molar-refractivity contribution is 0.917. The number of hydrogen-bond acceptors (Lipinski definition) is 6.